The molecule has 0 aromatic heterocycles. The second-order valence-electron chi connectivity index (χ2n) is 6.34. The van der Waals surface area contributed by atoms with E-state index in [4.69, 9.17) is 26.8 Å². The molecule has 0 spiro atoms. The Morgan fingerprint density at radius 2 is 1.79 bits per heavy atom. The molecular weight excluding hydrogens is 421 g/mol. The van der Waals surface area contributed by atoms with Gasteiger partial charge in [-0.15, -0.1) is 12.4 Å². The van der Waals surface area contributed by atoms with Crippen LogP contribution in [-0.2, 0) is 30.4 Å². The number of hydrogen-bond donors (Lipinski definition) is 2. The Morgan fingerprint density at radius 3 is 2.45 bits per heavy atom. The summed E-state index contributed by atoms with van der Waals surface area (Å²) in [5.41, 5.74) is 6.15. The molecule has 8 nitrogen and oxygen atoms in total. The second-order valence-corrected chi connectivity index (χ2v) is 6.77. The molecule has 0 bridgehead atoms. The fourth-order valence-electron chi connectivity index (χ4n) is 2.87. The number of benzene rings is 1. The Bertz CT molecular complexity index is 672. The van der Waals surface area contributed by atoms with Crippen LogP contribution >= 0.6 is 24.0 Å². The third kappa shape index (κ3) is 8.28. The Balaban J connectivity index is 0.00000420. The zero-order chi connectivity index (χ0) is 20.4. The van der Waals surface area contributed by atoms with Crippen LogP contribution in [0.15, 0.2) is 24.3 Å². The van der Waals surface area contributed by atoms with E-state index in [1.807, 2.05) is 0 Å². The normalized spacial score (nSPS) is 15.9. The van der Waals surface area contributed by atoms with Gasteiger partial charge in [-0.05, 0) is 24.1 Å². The van der Waals surface area contributed by atoms with Gasteiger partial charge in [0.25, 0.3) is 5.91 Å². The Labute approximate surface area is 181 Å². The number of halogens is 2. The molecule has 0 aliphatic carbocycles. The van der Waals surface area contributed by atoms with E-state index in [2.05, 4.69) is 5.32 Å². The molecule has 0 radical (unpaired) electrons. The van der Waals surface area contributed by atoms with Crippen molar-refractivity contribution in [2.75, 3.05) is 39.5 Å². The lowest BCUT2D eigenvalue weighted by molar-refractivity contribution is -0.143. The molecule has 1 aliphatic rings. The third-order valence-corrected chi connectivity index (χ3v) is 4.54. The highest BCUT2D eigenvalue weighted by Gasteiger charge is 2.38. The quantitative estimate of drug-likeness (QED) is 0.364. The molecule has 162 valence electrons. The average molecular weight is 448 g/mol. The SMILES string of the molecule is Cl.NCCOCCOCCNC(=O)C(=O)C1CCC(=O)N1Cc1ccc(Cl)cc1. The van der Waals surface area contributed by atoms with Gasteiger partial charge in [0.1, 0.15) is 6.04 Å². The lowest BCUT2D eigenvalue weighted by Crippen LogP contribution is -2.46. The zero-order valence-corrected chi connectivity index (χ0v) is 17.7. The molecule has 1 atom stereocenters. The van der Waals surface area contributed by atoms with Crippen LogP contribution in [0, 0.1) is 0 Å². The maximum atomic E-state index is 12.5. The second kappa shape index (κ2) is 13.5. The number of rotatable bonds is 12. The molecule has 1 unspecified atom stereocenters. The highest BCUT2D eigenvalue weighted by molar-refractivity contribution is 6.38. The molecule has 1 aliphatic heterocycles. The Kier molecular flexibility index (Phi) is 11.8. The van der Waals surface area contributed by atoms with E-state index >= 15 is 0 Å². The van der Waals surface area contributed by atoms with Crippen LogP contribution in [0.2, 0.25) is 5.02 Å². The zero-order valence-electron chi connectivity index (χ0n) is 16.1. The van der Waals surface area contributed by atoms with Crippen LogP contribution in [0.1, 0.15) is 18.4 Å². The largest absolute Gasteiger partial charge is 0.378 e. The summed E-state index contributed by atoms with van der Waals surface area (Å²) in [6.07, 6.45) is 0.594. The molecule has 1 saturated heterocycles. The summed E-state index contributed by atoms with van der Waals surface area (Å²) in [5, 5.41) is 3.13. The number of hydrogen-bond acceptors (Lipinski definition) is 6. The summed E-state index contributed by atoms with van der Waals surface area (Å²) >= 11 is 5.87. The van der Waals surface area contributed by atoms with Crippen LogP contribution in [0.3, 0.4) is 0 Å². The van der Waals surface area contributed by atoms with Crippen molar-refractivity contribution in [3.8, 4) is 0 Å². The van der Waals surface area contributed by atoms with E-state index in [-0.39, 0.29) is 44.4 Å². The van der Waals surface area contributed by atoms with Crippen molar-refractivity contribution in [2.24, 2.45) is 5.73 Å². The first kappa shape index (κ1) is 25.3. The number of ketones is 1. The number of amides is 2. The molecular formula is C19H27Cl2N3O5. The third-order valence-electron chi connectivity index (χ3n) is 4.29. The molecule has 2 rings (SSSR count). The van der Waals surface area contributed by atoms with Crippen LogP contribution in [0.4, 0.5) is 0 Å². The predicted octanol–water partition coefficient (Wildman–Crippen LogP) is 0.930. The monoisotopic (exact) mass is 447 g/mol. The molecule has 0 saturated carbocycles. The van der Waals surface area contributed by atoms with Crippen molar-refractivity contribution < 1.29 is 23.9 Å². The average Bonchev–Trinajstić information content (AvgIpc) is 3.05. The van der Waals surface area contributed by atoms with Crippen molar-refractivity contribution in [3.63, 3.8) is 0 Å². The van der Waals surface area contributed by atoms with Crippen molar-refractivity contribution in [2.45, 2.75) is 25.4 Å². The number of likely N-dealkylation sites (tertiary alicyclic amines) is 1. The minimum absolute atomic E-state index is 0. The van der Waals surface area contributed by atoms with Gasteiger partial charge in [0.05, 0.1) is 26.4 Å². The summed E-state index contributed by atoms with van der Waals surface area (Å²) in [6, 6.07) is 6.30. The van der Waals surface area contributed by atoms with E-state index in [0.29, 0.717) is 37.8 Å². The van der Waals surface area contributed by atoms with Gasteiger partial charge in [0.2, 0.25) is 11.7 Å². The summed E-state index contributed by atoms with van der Waals surface area (Å²) in [5.74, 6) is -1.45. The summed E-state index contributed by atoms with van der Waals surface area (Å²) in [7, 11) is 0. The maximum Gasteiger partial charge on any atom is 0.289 e. The minimum atomic E-state index is -0.742. The fourth-order valence-corrected chi connectivity index (χ4v) is 3.00. The topological polar surface area (TPSA) is 111 Å². The first-order valence-electron chi connectivity index (χ1n) is 9.24. The van der Waals surface area contributed by atoms with E-state index in [0.717, 1.165) is 5.56 Å². The maximum absolute atomic E-state index is 12.5. The first-order valence-corrected chi connectivity index (χ1v) is 9.62. The van der Waals surface area contributed by atoms with Gasteiger partial charge in [-0.25, -0.2) is 0 Å². The van der Waals surface area contributed by atoms with E-state index < -0.39 is 17.7 Å². The van der Waals surface area contributed by atoms with Crippen LogP contribution < -0.4 is 11.1 Å². The van der Waals surface area contributed by atoms with Crippen molar-refractivity contribution in [3.05, 3.63) is 34.9 Å². The van der Waals surface area contributed by atoms with Crippen LogP contribution in [-0.4, -0.2) is 68.1 Å². The van der Waals surface area contributed by atoms with Gasteiger partial charge in [-0.2, -0.15) is 0 Å². The first-order chi connectivity index (χ1) is 13.5. The van der Waals surface area contributed by atoms with Crippen molar-refractivity contribution >= 4 is 41.6 Å². The summed E-state index contributed by atoms with van der Waals surface area (Å²) < 4.78 is 10.5. The van der Waals surface area contributed by atoms with Gasteiger partial charge in [-0.3, -0.25) is 14.4 Å². The number of carbonyl (C=O) groups is 3. The van der Waals surface area contributed by atoms with Gasteiger partial charge in [-0.1, -0.05) is 23.7 Å². The number of Topliss-reactive ketones (excluding diaryl/α,β-unsaturated/α-hetero) is 1. The summed E-state index contributed by atoms with van der Waals surface area (Å²) in [6.45, 7) is 2.48. The van der Waals surface area contributed by atoms with Crippen LogP contribution in [0.5, 0.6) is 0 Å². The molecule has 1 aromatic rings. The van der Waals surface area contributed by atoms with Gasteiger partial charge in [0, 0.05) is 31.1 Å². The smallest absolute Gasteiger partial charge is 0.289 e. The van der Waals surface area contributed by atoms with Gasteiger partial charge >= 0.3 is 0 Å². The molecule has 1 fully saturated rings. The standard InChI is InChI=1S/C19H26ClN3O5.ClH/c20-15-3-1-14(2-4-15)13-23-16(5-6-17(23)24)18(25)19(26)22-8-10-28-12-11-27-9-7-21;/h1-4,16H,5-13,21H2,(H,22,26);1H. The van der Waals surface area contributed by atoms with Crippen LogP contribution in [0.25, 0.3) is 0 Å². The highest BCUT2D eigenvalue weighted by atomic mass is 35.5. The summed E-state index contributed by atoms with van der Waals surface area (Å²) in [4.78, 5) is 38.2. The molecule has 3 N–H and O–H groups in total. The lowest BCUT2D eigenvalue weighted by atomic mass is 10.1. The number of nitrogens with one attached hydrogen (secondary N) is 1. The van der Waals surface area contributed by atoms with Gasteiger partial charge in [0.15, 0.2) is 0 Å². The minimum Gasteiger partial charge on any atom is -0.378 e. The predicted molar refractivity (Wildman–Crippen MR) is 111 cm³/mol. The lowest BCUT2D eigenvalue weighted by Gasteiger charge is -2.23. The van der Waals surface area contributed by atoms with E-state index in [9.17, 15) is 14.4 Å². The Morgan fingerprint density at radius 1 is 1.14 bits per heavy atom. The number of nitrogens with zero attached hydrogens (tertiary/aromatic N) is 1. The van der Waals surface area contributed by atoms with Gasteiger partial charge < -0.3 is 25.4 Å². The Hall–Kier alpha value is -1.71. The highest BCUT2D eigenvalue weighted by Crippen LogP contribution is 2.23. The van der Waals surface area contributed by atoms with Crippen molar-refractivity contribution in [1.29, 1.82) is 0 Å². The fraction of sp³-hybridized carbons (Fsp3) is 0.526. The molecule has 10 heteroatoms. The number of ether oxygens (including phenoxy) is 2. The molecule has 1 aromatic carbocycles. The molecule has 29 heavy (non-hydrogen) atoms. The molecule has 2 amide bonds. The molecule has 1 heterocycles. The van der Waals surface area contributed by atoms with E-state index in [1.165, 1.54) is 4.90 Å². The van der Waals surface area contributed by atoms with E-state index in [1.54, 1.807) is 24.3 Å². The number of carbonyl (C=O) groups excluding carboxylic acids is 3. The number of nitrogens with two attached hydrogens (primary N) is 1. The van der Waals surface area contributed by atoms with Crippen molar-refractivity contribution in [1.82, 2.24) is 10.2 Å².